The molecule has 3 rings (SSSR count). The van der Waals surface area contributed by atoms with Gasteiger partial charge in [0.15, 0.2) is 5.65 Å². The summed E-state index contributed by atoms with van der Waals surface area (Å²) in [5.74, 6) is 1.24. The van der Waals surface area contributed by atoms with Crippen LogP contribution >= 0.6 is 11.6 Å². The third-order valence-corrected chi connectivity index (χ3v) is 4.04. The molecule has 0 atom stereocenters. The molecule has 0 saturated heterocycles. The minimum absolute atomic E-state index is 0.382. The molecule has 0 unspecified atom stereocenters. The first-order valence-electron chi connectivity index (χ1n) is 7.29. The Hall–Kier alpha value is -1.81. The van der Waals surface area contributed by atoms with Crippen LogP contribution in [-0.2, 0) is 18.8 Å². The minimum Gasteiger partial charge on any atom is -0.280 e. The van der Waals surface area contributed by atoms with Crippen LogP contribution in [0, 0.1) is 6.92 Å². The summed E-state index contributed by atoms with van der Waals surface area (Å²) in [5.41, 5.74) is 5.31. The van der Waals surface area contributed by atoms with E-state index >= 15 is 0 Å². The van der Waals surface area contributed by atoms with Gasteiger partial charge in [0.2, 0.25) is 0 Å². The largest absolute Gasteiger partial charge is 0.280 e. The van der Waals surface area contributed by atoms with Crippen molar-refractivity contribution >= 4 is 22.8 Å². The lowest BCUT2D eigenvalue weighted by Gasteiger charge is -2.10. The van der Waals surface area contributed by atoms with Crippen LogP contribution in [0.25, 0.3) is 16.9 Å². The molecule has 3 aromatic rings. The minimum atomic E-state index is 0.382. The number of nitrogens with zero attached hydrogens (tertiary/aromatic N) is 4. The van der Waals surface area contributed by atoms with Crippen molar-refractivity contribution in [2.45, 2.75) is 39.6 Å². The van der Waals surface area contributed by atoms with E-state index in [1.165, 1.54) is 5.56 Å². The van der Waals surface area contributed by atoms with Gasteiger partial charge in [0.25, 0.3) is 0 Å². The lowest BCUT2D eigenvalue weighted by molar-refractivity contribution is 0.660. The number of aromatic nitrogens is 4. The smallest absolute Gasteiger partial charge is 0.163 e. The van der Waals surface area contributed by atoms with Gasteiger partial charge in [0.05, 0.1) is 11.6 Å². The molecule has 0 aliphatic carbocycles. The zero-order valence-corrected chi connectivity index (χ0v) is 13.4. The molecule has 0 bridgehead atoms. The zero-order valence-electron chi connectivity index (χ0n) is 12.6. The van der Waals surface area contributed by atoms with E-state index in [4.69, 9.17) is 11.6 Å². The van der Waals surface area contributed by atoms with Crippen molar-refractivity contribution in [3.63, 3.8) is 0 Å². The number of halogens is 1. The Morgan fingerprint density at radius 3 is 2.43 bits per heavy atom. The average Bonchev–Trinajstić information content (AvgIpc) is 3.05. The number of alkyl halides is 1. The van der Waals surface area contributed by atoms with Gasteiger partial charge in [0, 0.05) is 12.2 Å². The van der Waals surface area contributed by atoms with Crippen LogP contribution in [0.15, 0.2) is 24.3 Å². The second kappa shape index (κ2) is 5.53. The van der Waals surface area contributed by atoms with Gasteiger partial charge in [0.1, 0.15) is 11.3 Å². The lowest BCUT2D eigenvalue weighted by Crippen LogP contribution is -2.06. The van der Waals surface area contributed by atoms with E-state index in [0.29, 0.717) is 5.88 Å². The third-order valence-electron chi connectivity index (χ3n) is 3.80. The predicted molar refractivity (Wildman–Crippen MR) is 86.2 cm³/mol. The van der Waals surface area contributed by atoms with E-state index < -0.39 is 0 Å². The molecule has 0 saturated carbocycles. The maximum absolute atomic E-state index is 6.10. The maximum atomic E-state index is 6.10. The van der Waals surface area contributed by atoms with E-state index in [0.717, 1.165) is 41.3 Å². The van der Waals surface area contributed by atoms with Crippen LogP contribution in [0.4, 0.5) is 0 Å². The highest BCUT2D eigenvalue weighted by Gasteiger charge is 2.18. The molecule has 110 valence electrons. The van der Waals surface area contributed by atoms with Gasteiger partial charge in [-0.15, -0.1) is 11.6 Å². The first kappa shape index (κ1) is 14.1. The Morgan fingerprint density at radius 2 is 1.86 bits per heavy atom. The molecule has 4 nitrogen and oxygen atoms in total. The van der Waals surface area contributed by atoms with Crippen LogP contribution < -0.4 is 0 Å². The van der Waals surface area contributed by atoms with Crippen LogP contribution in [0.3, 0.4) is 0 Å². The van der Waals surface area contributed by atoms with E-state index in [9.17, 15) is 0 Å². The molecular formula is C16H19ClN4. The SMILES string of the molecule is CCc1ccc(-n2c(CCl)nc3c(C)nn(CC)c32)cc1. The Bertz CT molecular complexity index is 768. The van der Waals surface area contributed by atoms with Crippen molar-refractivity contribution in [2.24, 2.45) is 0 Å². The fourth-order valence-corrected chi connectivity index (χ4v) is 2.85. The van der Waals surface area contributed by atoms with Crippen molar-refractivity contribution in [1.29, 1.82) is 0 Å². The van der Waals surface area contributed by atoms with Crippen LogP contribution in [0.2, 0.25) is 0 Å². The number of hydrogen-bond donors (Lipinski definition) is 0. The first-order chi connectivity index (χ1) is 10.2. The van der Waals surface area contributed by atoms with Crippen molar-refractivity contribution in [1.82, 2.24) is 19.3 Å². The van der Waals surface area contributed by atoms with E-state index in [1.54, 1.807) is 0 Å². The highest BCUT2D eigenvalue weighted by molar-refractivity contribution is 6.17. The molecule has 21 heavy (non-hydrogen) atoms. The Kier molecular flexibility index (Phi) is 3.72. The first-order valence-corrected chi connectivity index (χ1v) is 7.83. The monoisotopic (exact) mass is 302 g/mol. The summed E-state index contributed by atoms with van der Waals surface area (Å²) in [6, 6.07) is 8.55. The number of hydrogen-bond acceptors (Lipinski definition) is 2. The highest BCUT2D eigenvalue weighted by Crippen LogP contribution is 2.25. The molecular weight excluding hydrogens is 284 g/mol. The molecule has 0 radical (unpaired) electrons. The van der Waals surface area contributed by atoms with Crippen molar-refractivity contribution in [3.05, 3.63) is 41.3 Å². The van der Waals surface area contributed by atoms with E-state index in [2.05, 4.69) is 52.8 Å². The Morgan fingerprint density at radius 1 is 1.14 bits per heavy atom. The summed E-state index contributed by atoms with van der Waals surface area (Å²) in [4.78, 5) is 4.67. The van der Waals surface area contributed by atoms with Gasteiger partial charge >= 0.3 is 0 Å². The zero-order chi connectivity index (χ0) is 15.0. The maximum Gasteiger partial charge on any atom is 0.163 e. The fourth-order valence-electron chi connectivity index (χ4n) is 2.68. The molecule has 5 heteroatoms. The van der Waals surface area contributed by atoms with Crippen molar-refractivity contribution in [3.8, 4) is 5.69 Å². The molecule has 0 N–H and O–H groups in total. The summed E-state index contributed by atoms with van der Waals surface area (Å²) in [6.45, 7) is 7.04. The quantitative estimate of drug-likeness (QED) is 0.686. The summed E-state index contributed by atoms with van der Waals surface area (Å²) in [7, 11) is 0. The molecule has 1 aromatic carbocycles. The molecule has 0 amide bonds. The number of imidazole rings is 1. The average molecular weight is 303 g/mol. The number of aryl methyl sites for hydroxylation is 3. The fraction of sp³-hybridized carbons (Fsp3) is 0.375. The third kappa shape index (κ3) is 2.23. The van der Waals surface area contributed by atoms with Crippen LogP contribution in [0.1, 0.15) is 30.9 Å². The number of benzene rings is 1. The molecule has 0 aliphatic heterocycles. The molecule has 0 spiro atoms. The van der Waals surface area contributed by atoms with Gasteiger partial charge in [-0.05, 0) is 38.0 Å². The van der Waals surface area contributed by atoms with Gasteiger partial charge in [-0.2, -0.15) is 5.10 Å². The predicted octanol–water partition coefficient (Wildman–Crippen LogP) is 3.85. The Labute approximate surface area is 129 Å². The standard InChI is InChI=1S/C16H19ClN4/c1-4-12-6-8-13(9-7-12)21-14(10-17)18-15-11(3)19-20(5-2)16(15)21/h6-9H,4-5,10H2,1-3H3. The van der Waals surface area contributed by atoms with Crippen molar-refractivity contribution < 1.29 is 0 Å². The number of rotatable bonds is 4. The summed E-state index contributed by atoms with van der Waals surface area (Å²) >= 11 is 6.10. The van der Waals surface area contributed by atoms with Crippen LogP contribution in [-0.4, -0.2) is 19.3 Å². The second-order valence-electron chi connectivity index (χ2n) is 5.09. The molecule has 2 heterocycles. The normalized spacial score (nSPS) is 11.4. The van der Waals surface area contributed by atoms with Gasteiger partial charge in [-0.25, -0.2) is 9.67 Å². The van der Waals surface area contributed by atoms with Crippen molar-refractivity contribution in [2.75, 3.05) is 0 Å². The second-order valence-corrected chi connectivity index (χ2v) is 5.36. The summed E-state index contributed by atoms with van der Waals surface area (Å²) in [5, 5.41) is 4.55. The Balaban J connectivity index is 2.27. The number of fused-ring (bicyclic) bond motifs is 1. The van der Waals surface area contributed by atoms with E-state index in [-0.39, 0.29) is 0 Å². The topological polar surface area (TPSA) is 35.6 Å². The van der Waals surface area contributed by atoms with Gasteiger partial charge < -0.3 is 0 Å². The summed E-state index contributed by atoms with van der Waals surface area (Å²) < 4.78 is 4.10. The van der Waals surface area contributed by atoms with Gasteiger partial charge in [-0.1, -0.05) is 19.1 Å². The molecule has 2 aromatic heterocycles. The van der Waals surface area contributed by atoms with Crippen LogP contribution in [0.5, 0.6) is 0 Å². The molecule has 0 aliphatic rings. The summed E-state index contributed by atoms with van der Waals surface area (Å²) in [6.07, 6.45) is 1.04. The van der Waals surface area contributed by atoms with E-state index in [1.807, 2.05) is 11.6 Å². The van der Waals surface area contributed by atoms with Gasteiger partial charge in [-0.3, -0.25) is 4.57 Å². The lowest BCUT2D eigenvalue weighted by atomic mass is 10.1. The molecule has 0 fully saturated rings. The highest BCUT2D eigenvalue weighted by atomic mass is 35.5.